The van der Waals surface area contributed by atoms with Crippen LogP contribution in [0.2, 0.25) is 0 Å². The van der Waals surface area contributed by atoms with Crippen LogP contribution >= 0.6 is 0 Å². The first-order valence-electron chi connectivity index (χ1n) is 14.8. The summed E-state index contributed by atoms with van der Waals surface area (Å²) in [7, 11) is 0. The zero-order chi connectivity index (χ0) is 25.8. The molecule has 0 unspecified atom stereocenters. The predicted molar refractivity (Wildman–Crippen MR) is 148 cm³/mol. The van der Waals surface area contributed by atoms with Crippen molar-refractivity contribution in [2.24, 2.45) is 23.7 Å². The predicted octanol–water partition coefficient (Wildman–Crippen LogP) is 10.7. The van der Waals surface area contributed by atoms with Gasteiger partial charge in [0.2, 0.25) is 0 Å². The Morgan fingerprint density at radius 1 is 0.730 bits per heavy atom. The van der Waals surface area contributed by atoms with Crippen LogP contribution in [0.1, 0.15) is 107 Å². The second-order valence-electron chi connectivity index (χ2n) is 12.3. The van der Waals surface area contributed by atoms with E-state index in [2.05, 4.69) is 25.1 Å². The summed E-state index contributed by atoms with van der Waals surface area (Å²) in [6.07, 6.45) is 15.0. The molecule has 0 saturated heterocycles. The second kappa shape index (κ2) is 12.2. The summed E-state index contributed by atoms with van der Waals surface area (Å²) in [5.74, 6) is 3.05. The SMILES string of the molecule is CC1CCC(C2CCC(c3ccc(-c4ccc(C5CCC(/C(F)=C/CF)CC5)cc4)c(F)c3)CC2)CC1. The van der Waals surface area contributed by atoms with Crippen LogP contribution in [0.5, 0.6) is 0 Å². The van der Waals surface area contributed by atoms with E-state index in [4.69, 9.17) is 0 Å². The van der Waals surface area contributed by atoms with Gasteiger partial charge < -0.3 is 0 Å². The maximum atomic E-state index is 15.3. The monoisotopic (exact) mass is 508 g/mol. The lowest BCUT2D eigenvalue weighted by molar-refractivity contribution is 0.165. The van der Waals surface area contributed by atoms with Crippen molar-refractivity contribution in [1.82, 2.24) is 0 Å². The highest BCUT2D eigenvalue weighted by Crippen LogP contribution is 2.44. The lowest BCUT2D eigenvalue weighted by atomic mass is 9.68. The van der Waals surface area contributed by atoms with Gasteiger partial charge in [-0.25, -0.2) is 13.2 Å². The summed E-state index contributed by atoms with van der Waals surface area (Å²) in [6, 6.07) is 14.2. The van der Waals surface area contributed by atoms with E-state index >= 15 is 4.39 Å². The first-order valence-corrected chi connectivity index (χ1v) is 14.8. The van der Waals surface area contributed by atoms with E-state index in [1.165, 1.54) is 62.5 Å². The molecule has 3 aliphatic rings. The van der Waals surface area contributed by atoms with Gasteiger partial charge in [-0.1, -0.05) is 56.2 Å². The molecule has 0 amide bonds. The Morgan fingerprint density at radius 3 is 1.86 bits per heavy atom. The molecular formula is C34H43F3. The van der Waals surface area contributed by atoms with Crippen molar-refractivity contribution in [3.63, 3.8) is 0 Å². The van der Waals surface area contributed by atoms with Gasteiger partial charge >= 0.3 is 0 Å². The molecule has 37 heavy (non-hydrogen) atoms. The van der Waals surface area contributed by atoms with E-state index in [0.29, 0.717) is 17.4 Å². The minimum absolute atomic E-state index is 0.121. The molecule has 0 aromatic heterocycles. The van der Waals surface area contributed by atoms with Gasteiger partial charge in [0.05, 0.1) is 0 Å². The summed E-state index contributed by atoms with van der Waals surface area (Å²) >= 11 is 0. The van der Waals surface area contributed by atoms with Gasteiger partial charge in [-0.2, -0.15) is 0 Å². The number of alkyl halides is 1. The summed E-state index contributed by atoms with van der Waals surface area (Å²) in [5, 5.41) is 0. The highest BCUT2D eigenvalue weighted by Gasteiger charge is 2.31. The Balaban J connectivity index is 1.17. The lowest BCUT2D eigenvalue weighted by Crippen LogP contribution is -2.24. The minimum Gasteiger partial charge on any atom is -0.246 e. The highest BCUT2D eigenvalue weighted by molar-refractivity contribution is 5.65. The first kappa shape index (κ1) is 26.6. The van der Waals surface area contributed by atoms with E-state index in [1.54, 1.807) is 6.07 Å². The zero-order valence-corrected chi connectivity index (χ0v) is 22.4. The third-order valence-electron chi connectivity index (χ3n) is 10.0. The van der Waals surface area contributed by atoms with Crippen LogP contribution in [0, 0.1) is 29.5 Å². The van der Waals surface area contributed by atoms with E-state index in [9.17, 15) is 8.78 Å². The fraction of sp³-hybridized carbons (Fsp3) is 0.588. The molecule has 0 atom stereocenters. The third kappa shape index (κ3) is 6.35. The lowest BCUT2D eigenvalue weighted by Gasteiger charge is -2.37. The van der Waals surface area contributed by atoms with Gasteiger partial charge in [-0.3, -0.25) is 0 Å². The molecule has 3 fully saturated rings. The van der Waals surface area contributed by atoms with Gasteiger partial charge in [0.25, 0.3) is 0 Å². The Morgan fingerprint density at radius 2 is 1.27 bits per heavy atom. The van der Waals surface area contributed by atoms with Gasteiger partial charge in [-0.15, -0.1) is 0 Å². The molecule has 0 bridgehead atoms. The van der Waals surface area contributed by atoms with Crippen molar-refractivity contribution >= 4 is 0 Å². The molecule has 3 saturated carbocycles. The number of allylic oxidation sites excluding steroid dienone is 2. The number of benzene rings is 2. The summed E-state index contributed by atoms with van der Waals surface area (Å²) < 4.78 is 41.6. The Labute approximate surface area is 221 Å². The number of hydrogen-bond donors (Lipinski definition) is 0. The van der Waals surface area contributed by atoms with Crippen molar-refractivity contribution in [2.45, 2.75) is 95.8 Å². The number of rotatable bonds is 6. The second-order valence-corrected chi connectivity index (χ2v) is 12.3. The maximum Gasteiger partial charge on any atom is 0.131 e. The highest BCUT2D eigenvalue weighted by atomic mass is 19.1. The zero-order valence-electron chi connectivity index (χ0n) is 22.4. The quantitative estimate of drug-likeness (QED) is 0.364. The number of hydrogen-bond acceptors (Lipinski definition) is 0. The summed E-state index contributed by atoms with van der Waals surface area (Å²) in [6.45, 7) is 1.66. The summed E-state index contributed by atoms with van der Waals surface area (Å²) in [5.41, 5.74) is 3.98. The molecule has 3 heteroatoms. The van der Waals surface area contributed by atoms with Gasteiger partial charge in [0, 0.05) is 11.5 Å². The molecule has 2 aromatic carbocycles. The van der Waals surface area contributed by atoms with Crippen molar-refractivity contribution < 1.29 is 13.2 Å². The molecule has 0 nitrogen and oxygen atoms in total. The van der Waals surface area contributed by atoms with Crippen molar-refractivity contribution in [1.29, 1.82) is 0 Å². The molecule has 200 valence electrons. The van der Waals surface area contributed by atoms with E-state index in [-0.39, 0.29) is 17.6 Å². The van der Waals surface area contributed by atoms with Crippen LogP contribution in [0.4, 0.5) is 13.2 Å². The molecular weight excluding hydrogens is 465 g/mol. The molecule has 0 radical (unpaired) electrons. The van der Waals surface area contributed by atoms with E-state index < -0.39 is 6.67 Å². The van der Waals surface area contributed by atoms with Crippen LogP contribution in [0.3, 0.4) is 0 Å². The summed E-state index contributed by atoms with van der Waals surface area (Å²) in [4.78, 5) is 0. The fourth-order valence-corrected chi connectivity index (χ4v) is 7.58. The number of halogens is 3. The largest absolute Gasteiger partial charge is 0.246 e. The normalized spacial score (nSPS) is 31.3. The smallest absolute Gasteiger partial charge is 0.131 e. The van der Waals surface area contributed by atoms with Gasteiger partial charge in [-0.05, 0) is 123 Å². The molecule has 0 aliphatic heterocycles. The molecule has 0 spiro atoms. The topological polar surface area (TPSA) is 0 Å². The fourth-order valence-electron chi connectivity index (χ4n) is 7.58. The average molecular weight is 509 g/mol. The van der Waals surface area contributed by atoms with Crippen LogP contribution in [0.15, 0.2) is 54.4 Å². The molecule has 0 N–H and O–H groups in total. The van der Waals surface area contributed by atoms with Crippen molar-refractivity contribution in [2.75, 3.05) is 6.67 Å². The maximum absolute atomic E-state index is 15.3. The van der Waals surface area contributed by atoms with E-state index in [1.807, 2.05) is 18.2 Å². The molecule has 5 rings (SSSR count). The Bertz CT molecular complexity index is 1030. The molecule has 0 heterocycles. The Hall–Kier alpha value is -2.03. The van der Waals surface area contributed by atoms with Crippen LogP contribution in [-0.4, -0.2) is 6.67 Å². The van der Waals surface area contributed by atoms with E-state index in [0.717, 1.165) is 55.1 Å². The van der Waals surface area contributed by atoms with Crippen LogP contribution < -0.4 is 0 Å². The standard InChI is InChI=1S/C34H43F3/c1-23-2-4-24(5-3-23)25-6-8-28(9-7-25)31-18-19-32(34(37)22-31)29-14-10-26(11-15-29)27-12-16-30(17-13-27)33(36)20-21-35/h10-11,14-15,18-20,22-25,27-28,30H,2-9,12-13,16-17,21H2,1H3/b33-20-. The Kier molecular flexibility index (Phi) is 8.78. The molecule has 3 aliphatic carbocycles. The van der Waals surface area contributed by atoms with Crippen LogP contribution in [0.25, 0.3) is 11.1 Å². The van der Waals surface area contributed by atoms with Crippen LogP contribution in [-0.2, 0) is 0 Å². The molecule has 2 aromatic rings. The van der Waals surface area contributed by atoms with Gasteiger partial charge in [0.15, 0.2) is 0 Å². The van der Waals surface area contributed by atoms with Crippen molar-refractivity contribution in [3.05, 3.63) is 71.3 Å². The minimum atomic E-state index is -0.730. The first-order chi connectivity index (χ1) is 18.0. The van der Waals surface area contributed by atoms with Gasteiger partial charge in [0.1, 0.15) is 18.3 Å². The average Bonchev–Trinajstić information content (AvgIpc) is 2.94. The van der Waals surface area contributed by atoms with Crippen molar-refractivity contribution in [3.8, 4) is 11.1 Å². The third-order valence-corrected chi connectivity index (χ3v) is 10.0.